The fraction of sp³-hybridized carbons (Fsp3) is 0.136. The summed E-state index contributed by atoms with van der Waals surface area (Å²) >= 11 is 12.1. The van der Waals surface area contributed by atoms with Gasteiger partial charge in [0.15, 0.2) is 18.2 Å². The van der Waals surface area contributed by atoms with Gasteiger partial charge in [-0.2, -0.15) is 10.2 Å². The van der Waals surface area contributed by atoms with Crippen molar-refractivity contribution in [1.82, 2.24) is 19.6 Å². The lowest BCUT2D eigenvalue weighted by atomic mass is 10.2. The minimum atomic E-state index is -0.430. The molecule has 164 valence electrons. The van der Waals surface area contributed by atoms with E-state index in [1.165, 1.54) is 21.5 Å². The maximum Gasteiger partial charge on any atom is 0.277 e. The van der Waals surface area contributed by atoms with Crippen molar-refractivity contribution < 1.29 is 13.9 Å². The second kappa shape index (κ2) is 9.42. The van der Waals surface area contributed by atoms with Crippen LogP contribution in [0.4, 0.5) is 10.2 Å². The molecule has 2 heterocycles. The lowest BCUT2D eigenvalue weighted by Gasteiger charge is -2.07. The summed E-state index contributed by atoms with van der Waals surface area (Å²) in [5.41, 5.74) is 1.43. The van der Waals surface area contributed by atoms with Gasteiger partial charge in [-0.05, 0) is 48.9 Å². The van der Waals surface area contributed by atoms with E-state index in [-0.39, 0.29) is 19.0 Å². The third-order valence-electron chi connectivity index (χ3n) is 4.63. The van der Waals surface area contributed by atoms with Crippen LogP contribution in [-0.2, 0) is 13.3 Å². The molecule has 1 N–H and O–H groups in total. The van der Waals surface area contributed by atoms with Crippen molar-refractivity contribution >= 4 is 34.9 Å². The zero-order chi connectivity index (χ0) is 22.7. The first-order valence-corrected chi connectivity index (χ1v) is 10.3. The Labute approximate surface area is 193 Å². The van der Waals surface area contributed by atoms with Crippen molar-refractivity contribution in [2.45, 2.75) is 20.2 Å². The molecule has 0 saturated carbocycles. The van der Waals surface area contributed by atoms with E-state index in [0.29, 0.717) is 27.2 Å². The molecule has 32 heavy (non-hydrogen) atoms. The Morgan fingerprint density at radius 2 is 1.88 bits per heavy atom. The Morgan fingerprint density at radius 3 is 2.66 bits per heavy atom. The standard InChI is InChI=1S/C22H18Cl2FN5O2/c1-14-11-15(5-6-17(14)23)32-13-30-9-7-20(27-30)22(31)26-21-8-10-29(28-21)12-16-18(24)3-2-4-19(16)25/h2-11H,12-13H2,1H3,(H,26,28,31). The quantitative estimate of drug-likeness (QED) is 0.401. The molecule has 1 amide bonds. The third kappa shape index (κ3) is 5.09. The van der Waals surface area contributed by atoms with E-state index in [1.54, 1.807) is 42.7 Å². The smallest absolute Gasteiger partial charge is 0.277 e. The molecule has 2 aromatic heterocycles. The van der Waals surface area contributed by atoms with Crippen LogP contribution in [0.5, 0.6) is 5.75 Å². The van der Waals surface area contributed by atoms with Crippen LogP contribution in [0.15, 0.2) is 60.9 Å². The van der Waals surface area contributed by atoms with Crippen LogP contribution in [0.1, 0.15) is 21.6 Å². The zero-order valence-electron chi connectivity index (χ0n) is 16.9. The van der Waals surface area contributed by atoms with Crippen molar-refractivity contribution in [3.05, 3.63) is 93.6 Å². The van der Waals surface area contributed by atoms with E-state index < -0.39 is 11.7 Å². The minimum absolute atomic E-state index is 0.131. The van der Waals surface area contributed by atoms with Gasteiger partial charge in [0.05, 0.1) is 6.54 Å². The normalized spacial score (nSPS) is 10.9. The second-order valence-electron chi connectivity index (χ2n) is 6.98. The SMILES string of the molecule is Cc1cc(OCn2ccc(C(=O)Nc3ccn(Cc4c(F)cccc4Cl)n3)n2)ccc1Cl. The van der Waals surface area contributed by atoms with Crippen molar-refractivity contribution in [2.24, 2.45) is 0 Å². The average Bonchev–Trinajstić information content (AvgIpc) is 3.41. The Balaban J connectivity index is 1.35. The summed E-state index contributed by atoms with van der Waals surface area (Å²) < 4.78 is 22.6. The van der Waals surface area contributed by atoms with E-state index in [1.807, 2.05) is 13.0 Å². The maximum absolute atomic E-state index is 14.0. The molecule has 0 unspecified atom stereocenters. The Hall–Kier alpha value is -3.36. The summed E-state index contributed by atoms with van der Waals surface area (Å²) in [6.07, 6.45) is 3.26. The molecular formula is C22H18Cl2FN5O2. The molecule has 4 aromatic rings. The number of aryl methyl sites for hydroxylation is 1. The molecule has 0 aliphatic carbocycles. The highest BCUT2D eigenvalue weighted by Crippen LogP contribution is 2.22. The number of carbonyl (C=O) groups is 1. The summed E-state index contributed by atoms with van der Waals surface area (Å²) in [6, 6.07) is 13.0. The summed E-state index contributed by atoms with van der Waals surface area (Å²) in [5.74, 6) is 0.110. The lowest BCUT2D eigenvalue weighted by Crippen LogP contribution is -2.15. The van der Waals surface area contributed by atoms with E-state index in [4.69, 9.17) is 27.9 Å². The number of ether oxygens (including phenoxy) is 1. The number of anilines is 1. The summed E-state index contributed by atoms with van der Waals surface area (Å²) in [6.45, 7) is 2.15. The number of hydrogen-bond donors (Lipinski definition) is 1. The first-order chi connectivity index (χ1) is 15.4. The van der Waals surface area contributed by atoms with Crippen LogP contribution in [0.2, 0.25) is 10.0 Å². The largest absolute Gasteiger partial charge is 0.471 e. The summed E-state index contributed by atoms with van der Waals surface area (Å²) in [7, 11) is 0. The highest BCUT2D eigenvalue weighted by atomic mass is 35.5. The molecule has 4 rings (SSSR count). The predicted molar refractivity (Wildman–Crippen MR) is 120 cm³/mol. The minimum Gasteiger partial charge on any atom is -0.471 e. The van der Waals surface area contributed by atoms with Crippen molar-refractivity contribution in [3.8, 4) is 5.75 Å². The number of hydrogen-bond acceptors (Lipinski definition) is 4. The highest BCUT2D eigenvalue weighted by molar-refractivity contribution is 6.31. The number of rotatable bonds is 7. The van der Waals surface area contributed by atoms with Crippen LogP contribution >= 0.6 is 23.2 Å². The Bertz CT molecular complexity index is 1250. The number of nitrogens with one attached hydrogen (secondary N) is 1. The van der Waals surface area contributed by atoms with Gasteiger partial charge in [-0.1, -0.05) is 29.3 Å². The first-order valence-electron chi connectivity index (χ1n) is 9.59. The maximum atomic E-state index is 14.0. The molecule has 2 aromatic carbocycles. The van der Waals surface area contributed by atoms with Gasteiger partial charge in [0.1, 0.15) is 11.6 Å². The summed E-state index contributed by atoms with van der Waals surface area (Å²) in [4.78, 5) is 12.5. The molecule has 0 spiro atoms. The highest BCUT2D eigenvalue weighted by Gasteiger charge is 2.13. The Kier molecular flexibility index (Phi) is 6.43. The number of halogens is 3. The summed E-state index contributed by atoms with van der Waals surface area (Å²) in [5, 5.41) is 12.1. The van der Waals surface area contributed by atoms with Gasteiger partial charge < -0.3 is 10.1 Å². The molecule has 0 bridgehead atoms. The van der Waals surface area contributed by atoms with Gasteiger partial charge in [0, 0.05) is 34.1 Å². The number of aromatic nitrogens is 4. The van der Waals surface area contributed by atoms with E-state index in [2.05, 4.69) is 15.5 Å². The molecule has 7 nitrogen and oxygen atoms in total. The van der Waals surface area contributed by atoms with Gasteiger partial charge in [0.25, 0.3) is 5.91 Å². The first kappa shape index (κ1) is 21.9. The molecule has 10 heteroatoms. The van der Waals surface area contributed by atoms with Gasteiger partial charge >= 0.3 is 0 Å². The van der Waals surface area contributed by atoms with Gasteiger partial charge in [-0.25, -0.2) is 9.07 Å². The Morgan fingerprint density at radius 1 is 1.06 bits per heavy atom. The number of nitrogens with zero attached hydrogens (tertiary/aromatic N) is 4. The topological polar surface area (TPSA) is 74.0 Å². The van der Waals surface area contributed by atoms with Crippen LogP contribution in [0, 0.1) is 12.7 Å². The second-order valence-corrected chi connectivity index (χ2v) is 7.79. The zero-order valence-corrected chi connectivity index (χ0v) is 18.4. The van der Waals surface area contributed by atoms with Gasteiger partial charge in [-0.15, -0.1) is 0 Å². The molecule has 0 aliphatic heterocycles. The predicted octanol–water partition coefficient (Wildman–Crippen LogP) is 5.17. The molecular weight excluding hydrogens is 456 g/mol. The van der Waals surface area contributed by atoms with E-state index in [0.717, 1.165) is 5.56 Å². The fourth-order valence-electron chi connectivity index (χ4n) is 2.94. The third-order valence-corrected chi connectivity index (χ3v) is 5.41. The van der Waals surface area contributed by atoms with E-state index in [9.17, 15) is 9.18 Å². The number of amides is 1. The van der Waals surface area contributed by atoms with Crippen LogP contribution in [0.25, 0.3) is 0 Å². The molecule has 0 fully saturated rings. The lowest BCUT2D eigenvalue weighted by molar-refractivity contribution is 0.101. The molecule has 0 aliphatic rings. The van der Waals surface area contributed by atoms with Crippen molar-refractivity contribution in [1.29, 1.82) is 0 Å². The van der Waals surface area contributed by atoms with Gasteiger partial charge in [-0.3, -0.25) is 9.48 Å². The molecule has 0 atom stereocenters. The van der Waals surface area contributed by atoms with Gasteiger partial charge in [0.2, 0.25) is 0 Å². The van der Waals surface area contributed by atoms with Crippen LogP contribution in [-0.4, -0.2) is 25.5 Å². The van der Waals surface area contributed by atoms with Crippen LogP contribution < -0.4 is 10.1 Å². The molecule has 0 radical (unpaired) electrons. The fourth-order valence-corrected chi connectivity index (χ4v) is 3.28. The monoisotopic (exact) mass is 473 g/mol. The average molecular weight is 474 g/mol. The number of carbonyl (C=O) groups excluding carboxylic acids is 1. The van der Waals surface area contributed by atoms with Crippen LogP contribution in [0.3, 0.4) is 0 Å². The molecule has 0 saturated heterocycles. The van der Waals surface area contributed by atoms with Crippen molar-refractivity contribution in [3.63, 3.8) is 0 Å². The van der Waals surface area contributed by atoms with Crippen molar-refractivity contribution in [2.75, 3.05) is 5.32 Å². The number of benzene rings is 2. The van der Waals surface area contributed by atoms with E-state index >= 15 is 0 Å².